The first-order valence-electron chi connectivity index (χ1n) is 8.78. The zero-order chi connectivity index (χ0) is 16.6. The average molecular weight is 325 g/mol. The lowest BCUT2D eigenvalue weighted by Gasteiger charge is -2.52. The van der Waals surface area contributed by atoms with E-state index in [0.717, 1.165) is 31.2 Å². The van der Waals surface area contributed by atoms with Gasteiger partial charge in [0.1, 0.15) is 5.69 Å². The van der Waals surface area contributed by atoms with Gasteiger partial charge in [0.15, 0.2) is 0 Å². The number of hydrogen-bond acceptors (Lipinski definition) is 3. The average Bonchev–Trinajstić information content (AvgIpc) is 3.17. The summed E-state index contributed by atoms with van der Waals surface area (Å²) in [5.74, 6) is 0.0915. The van der Waals surface area contributed by atoms with Crippen LogP contribution in [0.25, 0.3) is 0 Å². The summed E-state index contributed by atoms with van der Waals surface area (Å²) in [5, 5.41) is 18.2. The van der Waals surface area contributed by atoms with Gasteiger partial charge in [-0.15, -0.1) is 0 Å². The van der Waals surface area contributed by atoms with Crippen molar-refractivity contribution in [3.63, 3.8) is 0 Å². The van der Waals surface area contributed by atoms with Gasteiger partial charge in [0.2, 0.25) is 0 Å². The number of carbonyl (C=O) groups is 1. The molecule has 3 atom stereocenters. The predicted molar refractivity (Wildman–Crippen MR) is 90.3 cm³/mol. The van der Waals surface area contributed by atoms with E-state index in [-0.39, 0.29) is 17.9 Å². The Labute approximate surface area is 141 Å². The second kappa shape index (κ2) is 6.06. The number of nitrogens with zero attached hydrogens (tertiary/aromatic N) is 2. The van der Waals surface area contributed by atoms with Crippen LogP contribution >= 0.6 is 0 Å². The van der Waals surface area contributed by atoms with Crippen LogP contribution in [0.5, 0.6) is 0 Å². The number of fused-ring (bicyclic) bond motifs is 1. The molecule has 4 rings (SSSR count). The van der Waals surface area contributed by atoms with Crippen LogP contribution in [-0.2, 0) is 5.60 Å². The first-order chi connectivity index (χ1) is 11.7. The number of aromatic nitrogens is 2. The molecule has 1 aromatic carbocycles. The van der Waals surface area contributed by atoms with Gasteiger partial charge < -0.3 is 10.0 Å². The highest BCUT2D eigenvalue weighted by molar-refractivity contribution is 5.92. The third-order valence-electron chi connectivity index (χ3n) is 5.74. The fourth-order valence-electron chi connectivity index (χ4n) is 4.55. The molecule has 1 saturated carbocycles. The van der Waals surface area contributed by atoms with Crippen molar-refractivity contribution in [2.24, 2.45) is 5.92 Å². The van der Waals surface area contributed by atoms with Crippen LogP contribution in [0.2, 0.25) is 0 Å². The molecule has 5 heteroatoms. The van der Waals surface area contributed by atoms with Crippen molar-refractivity contribution in [1.29, 1.82) is 0 Å². The summed E-state index contributed by atoms with van der Waals surface area (Å²) in [7, 11) is 0. The zero-order valence-electron chi connectivity index (χ0n) is 13.7. The Morgan fingerprint density at radius 3 is 2.75 bits per heavy atom. The van der Waals surface area contributed by atoms with Gasteiger partial charge in [0.25, 0.3) is 5.91 Å². The fraction of sp³-hybridized carbons (Fsp3) is 0.474. The molecule has 1 unspecified atom stereocenters. The Morgan fingerprint density at radius 1 is 1.21 bits per heavy atom. The van der Waals surface area contributed by atoms with E-state index < -0.39 is 5.60 Å². The van der Waals surface area contributed by atoms with E-state index >= 15 is 0 Å². The number of aromatic amines is 1. The summed E-state index contributed by atoms with van der Waals surface area (Å²) in [6.45, 7) is 0.574. The van der Waals surface area contributed by atoms with Gasteiger partial charge >= 0.3 is 0 Å². The molecule has 2 fully saturated rings. The Kier molecular flexibility index (Phi) is 3.88. The summed E-state index contributed by atoms with van der Waals surface area (Å²) in [4.78, 5) is 14.8. The first kappa shape index (κ1) is 15.4. The van der Waals surface area contributed by atoms with Crippen molar-refractivity contribution >= 4 is 5.91 Å². The van der Waals surface area contributed by atoms with E-state index in [2.05, 4.69) is 10.2 Å². The Hall–Kier alpha value is -2.14. The summed E-state index contributed by atoms with van der Waals surface area (Å²) in [6.07, 6.45) is 6.33. The van der Waals surface area contributed by atoms with Crippen LogP contribution in [0.1, 0.15) is 48.2 Å². The number of likely N-dealkylation sites (tertiary alicyclic amines) is 1. The number of piperidine rings is 1. The van der Waals surface area contributed by atoms with E-state index in [1.165, 1.54) is 0 Å². The van der Waals surface area contributed by atoms with Crippen molar-refractivity contribution in [1.82, 2.24) is 15.1 Å². The van der Waals surface area contributed by atoms with Crippen LogP contribution in [0.15, 0.2) is 42.6 Å². The van der Waals surface area contributed by atoms with Crippen molar-refractivity contribution in [3.8, 4) is 0 Å². The number of nitrogens with one attached hydrogen (secondary N) is 1. The molecule has 24 heavy (non-hydrogen) atoms. The van der Waals surface area contributed by atoms with Crippen molar-refractivity contribution < 1.29 is 9.90 Å². The molecule has 5 nitrogen and oxygen atoms in total. The van der Waals surface area contributed by atoms with Gasteiger partial charge in [0.05, 0.1) is 5.60 Å². The van der Waals surface area contributed by atoms with Gasteiger partial charge in [-0.05, 0) is 30.9 Å². The highest BCUT2D eigenvalue weighted by Crippen LogP contribution is 2.47. The smallest absolute Gasteiger partial charge is 0.272 e. The molecular formula is C19H23N3O2. The molecule has 2 heterocycles. The topological polar surface area (TPSA) is 69.2 Å². The molecule has 0 radical (unpaired) electrons. The van der Waals surface area contributed by atoms with E-state index in [4.69, 9.17) is 0 Å². The van der Waals surface area contributed by atoms with Gasteiger partial charge in [-0.2, -0.15) is 5.10 Å². The molecule has 2 aliphatic rings. The summed E-state index contributed by atoms with van der Waals surface area (Å²) in [6, 6.07) is 11.8. The lowest BCUT2D eigenvalue weighted by Crippen LogP contribution is -2.59. The third kappa shape index (κ3) is 2.44. The Bertz CT molecular complexity index is 701. The first-order valence-corrected chi connectivity index (χ1v) is 8.78. The highest BCUT2D eigenvalue weighted by Gasteiger charge is 2.50. The van der Waals surface area contributed by atoms with Crippen LogP contribution in [0.3, 0.4) is 0 Å². The standard InChI is InChI=1S/C19H23N3O2/c23-18(16-10-12-20-21-16)22-13-11-19(24,14-6-2-1-3-7-14)15-8-4-5-9-17(15)22/h1-3,6-7,10,12,15,17,24H,4-5,8-9,11,13H2,(H,20,21)/t15-,17?,19-/m1/s1. The van der Waals surface area contributed by atoms with Gasteiger partial charge in [-0.3, -0.25) is 9.89 Å². The number of carbonyl (C=O) groups excluding carboxylic acids is 1. The van der Waals surface area contributed by atoms with Crippen LogP contribution < -0.4 is 0 Å². The quantitative estimate of drug-likeness (QED) is 0.892. The summed E-state index contributed by atoms with van der Waals surface area (Å²) >= 11 is 0. The van der Waals surface area contributed by atoms with Crippen molar-refractivity contribution in [2.75, 3.05) is 6.54 Å². The molecule has 1 saturated heterocycles. The normalized spacial score (nSPS) is 30.0. The fourth-order valence-corrected chi connectivity index (χ4v) is 4.55. The van der Waals surface area contributed by atoms with E-state index in [1.807, 2.05) is 35.2 Å². The Balaban J connectivity index is 1.66. The largest absolute Gasteiger partial charge is 0.385 e. The number of hydrogen-bond donors (Lipinski definition) is 2. The van der Waals surface area contributed by atoms with Crippen molar-refractivity contribution in [2.45, 2.75) is 43.7 Å². The van der Waals surface area contributed by atoms with Crippen LogP contribution in [0.4, 0.5) is 0 Å². The second-order valence-electron chi connectivity index (χ2n) is 6.97. The monoisotopic (exact) mass is 325 g/mol. The van der Waals surface area contributed by atoms with Gasteiger partial charge in [-0.25, -0.2) is 0 Å². The van der Waals surface area contributed by atoms with Gasteiger partial charge in [-0.1, -0.05) is 43.2 Å². The SMILES string of the molecule is O=C(c1ccn[nH]1)N1CC[C@@](O)(c2ccccc2)[C@@H]2CCCCC21. The number of rotatable bonds is 2. The maximum Gasteiger partial charge on any atom is 0.272 e. The maximum absolute atomic E-state index is 12.8. The number of benzene rings is 1. The highest BCUT2D eigenvalue weighted by atomic mass is 16.3. The van der Waals surface area contributed by atoms with Crippen molar-refractivity contribution in [3.05, 3.63) is 53.9 Å². The van der Waals surface area contributed by atoms with Crippen LogP contribution in [0, 0.1) is 5.92 Å². The molecule has 1 aliphatic carbocycles. The predicted octanol–water partition coefficient (Wildman–Crippen LogP) is 2.70. The van der Waals surface area contributed by atoms with E-state index in [1.54, 1.807) is 12.3 Å². The summed E-state index contributed by atoms with van der Waals surface area (Å²) in [5.41, 5.74) is 0.678. The minimum absolute atomic E-state index is 0.000452. The molecule has 1 amide bonds. The maximum atomic E-state index is 12.8. The molecule has 126 valence electrons. The molecule has 2 N–H and O–H groups in total. The minimum atomic E-state index is -0.836. The molecule has 2 aromatic rings. The lowest BCUT2D eigenvalue weighted by atomic mass is 9.66. The summed E-state index contributed by atoms with van der Waals surface area (Å²) < 4.78 is 0. The van der Waals surface area contributed by atoms with Gasteiger partial charge in [0, 0.05) is 24.7 Å². The van der Waals surface area contributed by atoms with E-state index in [0.29, 0.717) is 18.7 Å². The lowest BCUT2D eigenvalue weighted by molar-refractivity contribution is -0.110. The van der Waals surface area contributed by atoms with E-state index in [9.17, 15) is 9.90 Å². The molecule has 1 aliphatic heterocycles. The zero-order valence-corrected chi connectivity index (χ0v) is 13.7. The molecular weight excluding hydrogens is 302 g/mol. The molecule has 1 aromatic heterocycles. The number of aliphatic hydroxyl groups is 1. The molecule has 0 spiro atoms. The Morgan fingerprint density at radius 2 is 2.00 bits per heavy atom. The second-order valence-corrected chi connectivity index (χ2v) is 6.97. The third-order valence-corrected chi connectivity index (χ3v) is 5.74. The number of H-pyrrole nitrogens is 1. The minimum Gasteiger partial charge on any atom is -0.385 e. The van der Waals surface area contributed by atoms with Crippen LogP contribution in [-0.4, -0.2) is 38.7 Å². The number of amides is 1. The molecule has 0 bridgehead atoms.